The van der Waals surface area contributed by atoms with Crippen LogP contribution in [0.25, 0.3) is 11.1 Å². The monoisotopic (exact) mass is 513 g/mol. The molecule has 196 valence electrons. The molecule has 0 radical (unpaired) electrons. The predicted molar refractivity (Wildman–Crippen MR) is 161 cm³/mol. The van der Waals surface area contributed by atoms with Crippen molar-refractivity contribution in [2.45, 2.75) is 46.0 Å². The summed E-state index contributed by atoms with van der Waals surface area (Å²) in [6.07, 6.45) is 1.56. The fourth-order valence-electron chi connectivity index (χ4n) is 5.88. The third kappa shape index (κ3) is 4.34. The second-order valence-electron chi connectivity index (χ2n) is 10.6. The number of anilines is 3. The van der Waals surface area contributed by atoms with Crippen molar-refractivity contribution in [1.82, 2.24) is 0 Å². The molecule has 0 spiro atoms. The van der Waals surface area contributed by atoms with Gasteiger partial charge in [-0.15, -0.1) is 0 Å². The van der Waals surface area contributed by atoms with Gasteiger partial charge in [0.25, 0.3) is 0 Å². The Morgan fingerprint density at radius 1 is 0.897 bits per heavy atom. The number of rotatable bonds is 6. The van der Waals surface area contributed by atoms with Gasteiger partial charge in [-0.05, 0) is 65.8 Å². The van der Waals surface area contributed by atoms with E-state index in [2.05, 4.69) is 81.1 Å². The summed E-state index contributed by atoms with van der Waals surface area (Å²) < 4.78 is 6.18. The van der Waals surface area contributed by atoms with Crippen molar-refractivity contribution in [1.29, 1.82) is 5.26 Å². The molecular weight excluding hydrogens is 478 g/mol. The average Bonchev–Trinajstić information content (AvgIpc) is 2.96. The third-order valence-corrected chi connectivity index (χ3v) is 8.15. The first-order valence-electron chi connectivity index (χ1n) is 13.5. The first kappa shape index (κ1) is 26.1. The maximum atomic E-state index is 9.91. The van der Waals surface area contributed by atoms with Crippen LogP contribution in [0.2, 0.25) is 0 Å². The Morgan fingerprint density at radius 2 is 1.54 bits per heavy atom. The number of nitrogens with zero attached hydrogens (tertiary/aromatic N) is 2. The molecule has 1 aliphatic rings. The Balaban J connectivity index is 1.85. The fourth-order valence-corrected chi connectivity index (χ4v) is 5.88. The minimum Gasteiger partial charge on any atom is -0.482 e. The van der Waals surface area contributed by atoms with E-state index in [0.717, 1.165) is 63.6 Å². The summed E-state index contributed by atoms with van der Waals surface area (Å²) in [6, 6.07) is 31.1. The highest BCUT2D eigenvalue weighted by atomic mass is 16.5. The van der Waals surface area contributed by atoms with Gasteiger partial charge in [-0.25, -0.2) is 0 Å². The van der Waals surface area contributed by atoms with E-state index in [0.29, 0.717) is 5.56 Å². The summed E-state index contributed by atoms with van der Waals surface area (Å²) in [5.41, 5.74) is 17.9. The van der Waals surface area contributed by atoms with Crippen molar-refractivity contribution in [2.75, 3.05) is 17.7 Å². The van der Waals surface area contributed by atoms with Gasteiger partial charge < -0.3 is 10.5 Å². The molecule has 0 amide bonds. The maximum Gasteiger partial charge on any atom is 0.198 e. The van der Waals surface area contributed by atoms with E-state index >= 15 is 0 Å². The van der Waals surface area contributed by atoms with Crippen molar-refractivity contribution >= 4 is 17.1 Å². The molecule has 1 aliphatic heterocycles. The molecule has 0 atom stereocenters. The number of benzene rings is 4. The average molecular weight is 514 g/mol. The molecule has 0 saturated carbocycles. The highest BCUT2D eigenvalue weighted by molar-refractivity contribution is 5.90. The molecule has 0 aromatic heterocycles. The number of nitrogens with two attached hydrogens (primary N) is 1. The van der Waals surface area contributed by atoms with Gasteiger partial charge in [0.15, 0.2) is 5.88 Å². The summed E-state index contributed by atoms with van der Waals surface area (Å²) in [4.78, 5) is 2.23. The molecular formula is C35H35N3O. The molecule has 0 fully saturated rings. The van der Waals surface area contributed by atoms with Crippen LogP contribution in [0.3, 0.4) is 0 Å². The Morgan fingerprint density at radius 3 is 2.21 bits per heavy atom. The van der Waals surface area contributed by atoms with Crippen LogP contribution in [0, 0.1) is 11.3 Å². The first-order chi connectivity index (χ1) is 18.8. The molecule has 2 N–H and O–H groups in total. The van der Waals surface area contributed by atoms with Crippen molar-refractivity contribution in [3.8, 4) is 17.2 Å². The van der Waals surface area contributed by atoms with Gasteiger partial charge in [-0.2, -0.15) is 5.26 Å². The van der Waals surface area contributed by atoms with Gasteiger partial charge in [0.2, 0.25) is 0 Å². The summed E-state index contributed by atoms with van der Waals surface area (Å²) >= 11 is 0. The zero-order valence-corrected chi connectivity index (χ0v) is 23.4. The molecule has 4 aromatic rings. The lowest BCUT2D eigenvalue weighted by Gasteiger charge is -2.44. The molecule has 0 aliphatic carbocycles. The molecule has 4 heteroatoms. The van der Waals surface area contributed by atoms with Crippen LogP contribution in [0.4, 0.5) is 17.1 Å². The van der Waals surface area contributed by atoms with Gasteiger partial charge in [0, 0.05) is 22.2 Å². The van der Waals surface area contributed by atoms with E-state index in [1.54, 1.807) is 7.11 Å². The Hall–Kier alpha value is -4.49. The lowest BCUT2D eigenvalue weighted by molar-refractivity contribution is 0.270. The lowest BCUT2D eigenvalue weighted by Crippen LogP contribution is -2.36. The van der Waals surface area contributed by atoms with E-state index < -0.39 is 0 Å². The normalized spacial score (nSPS) is 14.1. The van der Waals surface area contributed by atoms with E-state index in [1.807, 2.05) is 42.5 Å². The summed E-state index contributed by atoms with van der Waals surface area (Å²) in [5, 5.41) is 9.91. The van der Waals surface area contributed by atoms with Crippen LogP contribution >= 0.6 is 0 Å². The second-order valence-corrected chi connectivity index (χ2v) is 10.6. The van der Waals surface area contributed by atoms with E-state index in [4.69, 9.17) is 10.5 Å². The van der Waals surface area contributed by atoms with Crippen LogP contribution < -0.4 is 10.6 Å². The molecule has 1 heterocycles. The van der Waals surface area contributed by atoms with Crippen LogP contribution in [0.5, 0.6) is 0 Å². The standard InChI is InChI=1S/C35H35N3O/c1-6-25-21-31-32(29(33(25)37)20-24-14-8-7-9-15-24)35(3,4)23(2)34(39-5)38(31)30-19-13-12-18-28(30)27-17-11-10-16-26(27)22-36/h7-19,21H,6,20,37H2,1-5H3. The number of ether oxygens (including phenoxy) is 1. The number of allylic oxidation sites excluding steroid dienone is 1. The van der Waals surface area contributed by atoms with Crippen LogP contribution in [-0.2, 0) is 23.0 Å². The Bertz CT molecular complexity index is 1610. The molecule has 4 aromatic carbocycles. The van der Waals surface area contributed by atoms with Gasteiger partial charge in [-0.3, -0.25) is 4.90 Å². The summed E-state index contributed by atoms with van der Waals surface area (Å²) in [7, 11) is 1.74. The van der Waals surface area contributed by atoms with Crippen LogP contribution in [-0.4, -0.2) is 7.11 Å². The van der Waals surface area contributed by atoms with Gasteiger partial charge >= 0.3 is 0 Å². The number of hydrogen-bond donors (Lipinski definition) is 1. The minimum atomic E-state index is -0.318. The quantitative estimate of drug-likeness (QED) is 0.264. The van der Waals surface area contributed by atoms with Crippen molar-refractivity contribution in [3.05, 3.63) is 124 Å². The van der Waals surface area contributed by atoms with Crippen LogP contribution in [0.1, 0.15) is 55.5 Å². The minimum absolute atomic E-state index is 0.318. The van der Waals surface area contributed by atoms with Gasteiger partial charge in [0.1, 0.15) is 0 Å². The molecule has 0 saturated heterocycles. The second kappa shape index (κ2) is 10.3. The van der Waals surface area contributed by atoms with Crippen LogP contribution in [0.15, 0.2) is 96.4 Å². The molecule has 0 bridgehead atoms. The molecule has 39 heavy (non-hydrogen) atoms. The number of hydrogen-bond acceptors (Lipinski definition) is 4. The van der Waals surface area contributed by atoms with E-state index in [1.165, 1.54) is 11.1 Å². The van der Waals surface area contributed by atoms with Crippen molar-refractivity contribution < 1.29 is 4.74 Å². The third-order valence-electron chi connectivity index (χ3n) is 8.15. The highest BCUT2D eigenvalue weighted by Gasteiger charge is 2.41. The largest absolute Gasteiger partial charge is 0.482 e. The Labute approximate surface area is 232 Å². The molecule has 5 rings (SSSR count). The number of methoxy groups -OCH3 is 1. The van der Waals surface area contributed by atoms with Gasteiger partial charge in [0.05, 0.1) is 30.1 Å². The SMILES string of the molecule is CCc1cc2c(c(Cc3ccccc3)c1N)C(C)(C)C(C)=C(OC)N2c1ccccc1-c1ccccc1C#N. The summed E-state index contributed by atoms with van der Waals surface area (Å²) in [6.45, 7) is 8.82. The zero-order valence-electron chi connectivity index (χ0n) is 23.4. The predicted octanol–water partition coefficient (Wildman–Crippen LogP) is 8.27. The zero-order chi connectivity index (χ0) is 27.7. The Kier molecular flexibility index (Phi) is 6.93. The highest BCUT2D eigenvalue weighted by Crippen LogP contribution is 2.53. The van der Waals surface area contributed by atoms with Crippen molar-refractivity contribution in [3.63, 3.8) is 0 Å². The summed E-state index contributed by atoms with van der Waals surface area (Å²) in [5.74, 6) is 0.798. The topological polar surface area (TPSA) is 62.3 Å². The maximum absolute atomic E-state index is 9.91. The van der Waals surface area contributed by atoms with Crippen molar-refractivity contribution in [2.24, 2.45) is 0 Å². The number of nitriles is 1. The number of fused-ring (bicyclic) bond motifs is 1. The first-order valence-corrected chi connectivity index (χ1v) is 13.5. The molecule has 4 nitrogen and oxygen atoms in total. The lowest BCUT2D eigenvalue weighted by atomic mass is 9.71. The smallest absolute Gasteiger partial charge is 0.198 e. The van der Waals surface area contributed by atoms with Gasteiger partial charge in [-0.1, -0.05) is 87.5 Å². The number of nitrogen functional groups attached to an aromatic ring is 1. The van der Waals surface area contributed by atoms with E-state index in [-0.39, 0.29) is 5.41 Å². The molecule has 0 unspecified atom stereocenters. The van der Waals surface area contributed by atoms with E-state index in [9.17, 15) is 5.26 Å². The fraction of sp³-hybridized carbons (Fsp3) is 0.229. The number of para-hydroxylation sites is 1. The number of aryl methyl sites for hydroxylation is 1.